The van der Waals surface area contributed by atoms with E-state index in [1.807, 2.05) is 13.8 Å². The van der Waals surface area contributed by atoms with Gasteiger partial charge < -0.3 is 0 Å². The van der Waals surface area contributed by atoms with Gasteiger partial charge in [-0.15, -0.1) is 5.48 Å². The van der Waals surface area contributed by atoms with Gasteiger partial charge in [0, 0.05) is 0 Å². The molecule has 4 heteroatoms. The number of rotatable bonds is 3. The maximum absolute atomic E-state index is 4.51. The Morgan fingerprint density at radius 3 is 2.75 bits per heavy atom. The van der Waals surface area contributed by atoms with Crippen LogP contribution in [0.25, 0.3) is 0 Å². The smallest absolute Gasteiger partial charge is 0.0767 e. The van der Waals surface area contributed by atoms with E-state index in [0.29, 0.717) is 5.88 Å². The third kappa shape index (κ3) is 5.78. The number of nitrogens with one attached hydrogen (secondary N) is 1. The third-order valence-electron chi connectivity index (χ3n) is 0.357. The lowest BCUT2D eigenvalue weighted by Crippen LogP contribution is -2.08. The average Bonchev–Trinajstić information content (AvgIpc) is 1.66. The van der Waals surface area contributed by atoms with E-state index in [2.05, 4.69) is 28.2 Å². The number of oxime groups is 1. The predicted octanol–water partition coefficient (Wildman–Crippen LogP) is 0.791. The van der Waals surface area contributed by atoms with E-state index in [1.165, 1.54) is 0 Å². The maximum Gasteiger partial charge on any atom is 0.0767 e. The highest BCUT2D eigenvalue weighted by molar-refractivity contribution is 7.80. The standard InChI is InChI=1S/C4H10N2OS/c1-4(2)6-7-5-3-8/h5,8H,3H2,1-2H3. The summed E-state index contributed by atoms with van der Waals surface area (Å²) in [7, 11) is 0. The molecule has 0 aliphatic heterocycles. The molecule has 0 bridgehead atoms. The van der Waals surface area contributed by atoms with Gasteiger partial charge in [-0.05, 0) is 13.8 Å². The van der Waals surface area contributed by atoms with Gasteiger partial charge in [-0.1, -0.05) is 5.16 Å². The summed E-state index contributed by atoms with van der Waals surface area (Å²) in [5, 5.41) is 3.57. The minimum absolute atomic E-state index is 0.469. The van der Waals surface area contributed by atoms with Gasteiger partial charge in [0.1, 0.15) is 0 Å². The normalized spacial score (nSPS) is 8.38. The van der Waals surface area contributed by atoms with E-state index in [-0.39, 0.29) is 0 Å². The second-order valence-corrected chi connectivity index (χ2v) is 1.75. The highest BCUT2D eigenvalue weighted by Crippen LogP contribution is 1.74. The van der Waals surface area contributed by atoms with Crippen molar-refractivity contribution < 1.29 is 4.94 Å². The van der Waals surface area contributed by atoms with Crippen LogP contribution >= 0.6 is 12.6 Å². The topological polar surface area (TPSA) is 33.6 Å². The van der Waals surface area contributed by atoms with Crippen LogP contribution in [-0.4, -0.2) is 11.6 Å². The van der Waals surface area contributed by atoms with Crippen LogP contribution < -0.4 is 5.48 Å². The molecule has 0 aromatic carbocycles. The fourth-order valence-electron chi connectivity index (χ4n) is 0.152. The molecule has 0 radical (unpaired) electrons. The summed E-state index contributed by atoms with van der Waals surface area (Å²) in [6.45, 7) is 3.69. The number of hydrogen-bond donors (Lipinski definition) is 2. The second-order valence-electron chi connectivity index (χ2n) is 1.43. The lowest BCUT2D eigenvalue weighted by molar-refractivity contribution is 0.0601. The van der Waals surface area contributed by atoms with Gasteiger partial charge in [0.15, 0.2) is 0 Å². The second kappa shape index (κ2) is 4.93. The minimum atomic E-state index is 0.469. The highest BCUT2D eigenvalue weighted by Gasteiger charge is 1.76. The molecule has 1 N–H and O–H groups in total. The van der Waals surface area contributed by atoms with Crippen LogP contribution in [0.3, 0.4) is 0 Å². The largest absolute Gasteiger partial charge is 0.299 e. The zero-order valence-corrected chi connectivity index (χ0v) is 5.90. The monoisotopic (exact) mass is 134 g/mol. The SMILES string of the molecule is CC(C)=NONCS. The molecule has 0 aliphatic carbocycles. The van der Waals surface area contributed by atoms with E-state index in [0.717, 1.165) is 5.71 Å². The summed E-state index contributed by atoms with van der Waals surface area (Å²) in [5.41, 5.74) is 3.33. The van der Waals surface area contributed by atoms with Crippen LogP contribution in [0.1, 0.15) is 13.8 Å². The van der Waals surface area contributed by atoms with E-state index in [4.69, 9.17) is 0 Å². The van der Waals surface area contributed by atoms with Crippen molar-refractivity contribution in [3.05, 3.63) is 0 Å². The molecule has 0 rings (SSSR count). The fourth-order valence-corrected chi connectivity index (χ4v) is 0.210. The summed E-state index contributed by atoms with van der Waals surface area (Å²) in [4.78, 5) is 4.51. The Hall–Kier alpha value is -0.220. The first-order chi connectivity index (χ1) is 3.77. The van der Waals surface area contributed by atoms with Crippen LogP contribution in [-0.2, 0) is 4.94 Å². The molecular weight excluding hydrogens is 124 g/mol. The van der Waals surface area contributed by atoms with E-state index in [9.17, 15) is 0 Å². The van der Waals surface area contributed by atoms with E-state index >= 15 is 0 Å². The summed E-state index contributed by atoms with van der Waals surface area (Å²) in [5.74, 6) is 0.469. The molecule has 0 heterocycles. The van der Waals surface area contributed by atoms with Crippen molar-refractivity contribution in [2.45, 2.75) is 13.8 Å². The van der Waals surface area contributed by atoms with Gasteiger partial charge >= 0.3 is 0 Å². The van der Waals surface area contributed by atoms with Crippen molar-refractivity contribution in [1.82, 2.24) is 5.48 Å². The van der Waals surface area contributed by atoms with Crippen molar-refractivity contribution in [3.8, 4) is 0 Å². The highest BCUT2D eigenvalue weighted by atomic mass is 32.1. The molecule has 0 fully saturated rings. The first kappa shape index (κ1) is 7.78. The number of hydrogen-bond acceptors (Lipinski definition) is 4. The zero-order valence-electron chi connectivity index (χ0n) is 5.01. The molecule has 0 saturated heterocycles. The summed E-state index contributed by atoms with van der Waals surface area (Å²) in [6.07, 6.45) is 0. The van der Waals surface area contributed by atoms with Crippen LogP contribution in [0.15, 0.2) is 5.16 Å². The number of hydroxylamine groups is 1. The minimum Gasteiger partial charge on any atom is -0.299 e. The molecule has 8 heavy (non-hydrogen) atoms. The van der Waals surface area contributed by atoms with Gasteiger partial charge in [0.05, 0.1) is 11.6 Å². The van der Waals surface area contributed by atoms with Gasteiger partial charge in [-0.3, -0.25) is 4.94 Å². The number of thiol groups is 1. The zero-order chi connectivity index (χ0) is 6.41. The fraction of sp³-hybridized carbons (Fsp3) is 0.750. The van der Waals surface area contributed by atoms with Crippen molar-refractivity contribution in [2.75, 3.05) is 5.88 Å². The Morgan fingerprint density at radius 2 is 2.38 bits per heavy atom. The van der Waals surface area contributed by atoms with Gasteiger partial charge in [-0.2, -0.15) is 12.6 Å². The van der Waals surface area contributed by atoms with Gasteiger partial charge in [-0.25, -0.2) is 0 Å². The van der Waals surface area contributed by atoms with Crippen LogP contribution in [0.2, 0.25) is 0 Å². The van der Waals surface area contributed by atoms with Crippen molar-refractivity contribution in [2.24, 2.45) is 5.16 Å². The summed E-state index contributed by atoms with van der Waals surface area (Å²) >= 11 is 3.82. The summed E-state index contributed by atoms with van der Waals surface area (Å²) < 4.78 is 0. The van der Waals surface area contributed by atoms with Crippen molar-refractivity contribution in [1.29, 1.82) is 0 Å². The van der Waals surface area contributed by atoms with Crippen molar-refractivity contribution >= 4 is 18.3 Å². The van der Waals surface area contributed by atoms with Crippen LogP contribution in [0, 0.1) is 0 Å². The Bertz CT molecular complexity index is 80.1. The quantitative estimate of drug-likeness (QED) is 0.197. The van der Waals surface area contributed by atoms with Crippen LogP contribution in [0.5, 0.6) is 0 Å². The molecule has 48 valence electrons. The molecule has 0 aliphatic rings. The van der Waals surface area contributed by atoms with E-state index in [1.54, 1.807) is 0 Å². The first-order valence-electron chi connectivity index (χ1n) is 2.28. The molecule has 0 saturated carbocycles. The molecule has 0 unspecified atom stereocenters. The first-order valence-corrected chi connectivity index (χ1v) is 2.91. The molecule has 0 aromatic heterocycles. The Kier molecular flexibility index (Phi) is 4.79. The molecule has 0 aromatic rings. The Balaban J connectivity index is 3.03. The van der Waals surface area contributed by atoms with E-state index < -0.39 is 0 Å². The van der Waals surface area contributed by atoms with Crippen molar-refractivity contribution in [3.63, 3.8) is 0 Å². The lowest BCUT2D eigenvalue weighted by Gasteiger charge is -1.94. The predicted molar refractivity (Wildman–Crippen MR) is 36.9 cm³/mol. The number of nitrogens with zero attached hydrogens (tertiary/aromatic N) is 1. The third-order valence-corrected chi connectivity index (χ3v) is 0.486. The van der Waals surface area contributed by atoms with Gasteiger partial charge in [0.25, 0.3) is 0 Å². The Labute approximate surface area is 54.5 Å². The molecule has 3 nitrogen and oxygen atoms in total. The molecular formula is C4H10N2OS. The summed E-state index contributed by atoms with van der Waals surface area (Å²) in [6, 6.07) is 0. The lowest BCUT2D eigenvalue weighted by atomic mass is 10.5. The molecule has 0 amide bonds. The molecule has 0 spiro atoms. The Morgan fingerprint density at radius 1 is 1.75 bits per heavy atom. The molecule has 0 atom stereocenters. The van der Waals surface area contributed by atoms with Crippen LogP contribution in [0.4, 0.5) is 0 Å². The van der Waals surface area contributed by atoms with Gasteiger partial charge in [0.2, 0.25) is 0 Å². The average molecular weight is 134 g/mol. The maximum atomic E-state index is 4.51.